The smallest absolute Gasteiger partial charge is 0.237 e. The lowest BCUT2D eigenvalue weighted by molar-refractivity contribution is 0.328. The van der Waals surface area contributed by atoms with Gasteiger partial charge in [-0.15, -0.1) is 0 Å². The largest absolute Gasteiger partial charge is 0.497 e. The highest BCUT2D eigenvalue weighted by Gasteiger charge is 2.23. The molecule has 21 heavy (non-hydrogen) atoms. The van der Waals surface area contributed by atoms with Crippen LogP contribution in [0, 0.1) is 0 Å². The van der Waals surface area contributed by atoms with E-state index in [1.165, 1.54) is 11.1 Å². The number of hydrogen-bond acceptors (Lipinski definition) is 4. The molecule has 1 unspecified atom stereocenters. The van der Waals surface area contributed by atoms with E-state index >= 15 is 0 Å². The van der Waals surface area contributed by atoms with Crippen LogP contribution in [-0.2, 0) is 6.42 Å². The van der Waals surface area contributed by atoms with Gasteiger partial charge in [-0.2, -0.15) is 0 Å². The van der Waals surface area contributed by atoms with E-state index in [0.29, 0.717) is 12.5 Å². The summed E-state index contributed by atoms with van der Waals surface area (Å²) >= 11 is 0. The molecular weight excluding hydrogens is 264 g/mol. The minimum absolute atomic E-state index is 0.276. The first-order valence-corrected chi connectivity index (χ1v) is 7.33. The van der Waals surface area contributed by atoms with Gasteiger partial charge in [-0.1, -0.05) is 6.07 Å². The monoisotopic (exact) mass is 284 g/mol. The van der Waals surface area contributed by atoms with Gasteiger partial charge in [0.15, 0.2) is 0 Å². The van der Waals surface area contributed by atoms with E-state index in [9.17, 15) is 0 Å². The van der Waals surface area contributed by atoms with Crippen LogP contribution < -0.4 is 14.8 Å². The van der Waals surface area contributed by atoms with Crippen molar-refractivity contribution in [3.05, 3.63) is 47.7 Å². The number of nitrogens with one attached hydrogen (secondary N) is 1. The molecule has 1 aromatic heterocycles. The third kappa shape index (κ3) is 2.79. The zero-order chi connectivity index (χ0) is 14.7. The van der Waals surface area contributed by atoms with Crippen molar-refractivity contribution in [3.63, 3.8) is 0 Å². The molecule has 2 aromatic rings. The SMILES string of the molecule is CCOc1ncccc1NC1CCc2ccc(OC)cc21. The fraction of sp³-hybridized carbons (Fsp3) is 0.353. The topological polar surface area (TPSA) is 43.4 Å². The van der Waals surface area contributed by atoms with E-state index in [4.69, 9.17) is 9.47 Å². The van der Waals surface area contributed by atoms with Crippen molar-refractivity contribution in [3.8, 4) is 11.6 Å². The summed E-state index contributed by atoms with van der Waals surface area (Å²) in [5.74, 6) is 1.56. The Labute approximate surface area is 125 Å². The van der Waals surface area contributed by atoms with Crippen molar-refractivity contribution in [2.24, 2.45) is 0 Å². The van der Waals surface area contributed by atoms with Crippen LogP contribution in [0.15, 0.2) is 36.5 Å². The molecule has 0 saturated carbocycles. The summed E-state index contributed by atoms with van der Waals surface area (Å²) < 4.78 is 10.9. The Morgan fingerprint density at radius 1 is 1.33 bits per heavy atom. The molecule has 1 aromatic carbocycles. The van der Waals surface area contributed by atoms with Crippen LogP contribution in [0.2, 0.25) is 0 Å². The molecule has 0 saturated heterocycles. The maximum absolute atomic E-state index is 5.58. The highest BCUT2D eigenvalue weighted by molar-refractivity contribution is 5.55. The van der Waals surface area contributed by atoms with Crippen LogP contribution in [0.25, 0.3) is 0 Å². The molecule has 0 bridgehead atoms. The third-order valence-electron chi connectivity index (χ3n) is 3.81. The number of rotatable bonds is 5. The van der Waals surface area contributed by atoms with E-state index < -0.39 is 0 Å². The molecule has 110 valence electrons. The molecule has 1 aliphatic carbocycles. The minimum atomic E-state index is 0.276. The number of benzene rings is 1. The number of aromatic nitrogens is 1. The number of hydrogen-bond donors (Lipinski definition) is 1. The second kappa shape index (κ2) is 6.04. The Morgan fingerprint density at radius 2 is 2.24 bits per heavy atom. The quantitative estimate of drug-likeness (QED) is 0.911. The van der Waals surface area contributed by atoms with Gasteiger partial charge in [0, 0.05) is 6.20 Å². The highest BCUT2D eigenvalue weighted by Crippen LogP contribution is 2.37. The van der Waals surface area contributed by atoms with Crippen molar-refractivity contribution < 1.29 is 9.47 Å². The second-order valence-corrected chi connectivity index (χ2v) is 5.09. The molecule has 1 aliphatic rings. The summed E-state index contributed by atoms with van der Waals surface area (Å²) in [5.41, 5.74) is 3.64. The predicted octanol–water partition coefficient (Wildman–Crippen LogP) is 3.59. The molecule has 3 rings (SSSR count). The molecule has 1 N–H and O–H groups in total. The van der Waals surface area contributed by atoms with Gasteiger partial charge < -0.3 is 14.8 Å². The maximum atomic E-state index is 5.58. The lowest BCUT2D eigenvalue weighted by Crippen LogP contribution is -2.09. The normalized spacial score (nSPS) is 16.4. The van der Waals surface area contributed by atoms with Gasteiger partial charge in [0.1, 0.15) is 5.75 Å². The van der Waals surface area contributed by atoms with Crippen LogP contribution in [0.1, 0.15) is 30.5 Å². The van der Waals surface area contributed by atoms with E-state index in [-0.39, 0.29) is 6.04 Å². The third-order valence-corrected chi connectivity index (χ3v) is 3.81. The number of methoxy groups -OCH3 is 1. The molecule has 0 spiro atoms. The van der Waals surface area contributed by atoms with Crippen LogP contribution in [-0.4, -0.2) is 18.7 Å². The number of ether oxygens (including phenoxy) is 2. The first-order valence-electron chi connectivity index (χ1n) is 7.33. The number of anilines is 1. The van der Waals surface area contributed by atoms with Gasteiger partial charge in [0.25, 0.3) is 0 Å². The van der Waals surface area contributed by atoms with E-state index in [1.807, 2.05) is 25.1 Å². The molecule has 0 amide bonds. The number of nitrogens with zero attached hydrogens (tertiary/aromatic N) is 1. The van der Waals surface area contributed by atoms with E-state index in [1.54, 1.807) is 13.3 Å². The van der Waals surface area contributed by atoms with Crippen molar-refractivity contribution in [1.29, 1.82) is 0 Å². The average molecular weight is 284 g/mol. The summed E-state index contributed by atoms with van der Waals surface area (Å²) in [5, 5.41) is 3.56. The number of pyridine rings is 1. The molecule has 0 aliphatic heterocycles. The molecule has 1 atom stereocenters. The van der Waals surface area contributed by atoms with Crippen LogP contribution in [0.5, 0.6) is 11.6 Å². The van der Waals surface area contributed by atoms with Gasteiger partial charge in [-0.25, -0.2) is 4.98 Å². The Balaban J connectivity index is 1.85. The molecule has 0 radical (unpaired) electrons. The zero-order valence-corrected chi connectivity index (χ0v) is 12.4. The van der Waals surface area contributed by atoms with Crippen LogP contribution in [0.4, 0.5) is 5.69 Å². The van der Waals surface area contributed by atoms with Crippen molar-refractivity contribution in [2.45, 2.75) is 25.8 Å². The fourth-order valence-electron chi connectivity index (χ4n) is 2.80. The molecule has 4 heteroatoms. The standard InChI is InChI=1S/C17H20N2O2/c1-3-21-17-16(5-4-10-18-17)19-15-9-7-12-6-8-13(20-2)11-14(12)15/h4-6,8,10-11,15,19H,3,7,9H2,1-2H3. The summed E-state index contributed by atoms with van der Waals surface area (Å²) in [6, 6.07) is 10.5. The fourth-order valence-corrected chi connectivity index (χ4v) is 2.80. The molecular formula is C17H20N2O2. The van der Waals surface area contributed by atoms with Crippen LogP contribution >= 0.6 is 0 Å². The number of fused-ring (bicyclic) bond motifs is 1. The summed E-state index contributed by atoms with van der Waals surface area (Å²) in [6.45, 7) is 2.58. The lowest BCUT2D eigenvalue weighted by Gasteiger charge is -2.18. The molecule has 1 heterocycles. The van der Waals surface area contributed by atoms with Gasteiger partial charge >= 0.3 is 0 Å². The van der Waals surface area contributed by atoms with Crippen molar-refractivity contribution in [1.82, 2.24) is 4.98 Å². The van der Waals surface area contributed by atoms with E-state index in [0.717, 1.165) is 24.3 Å². The lowest BCUT2D eigenvalue weighted by atomic mass is 10.1. The summed E-state index contributed by atoms with van der Waals surface area (Å²) in [7, 11) is 1.70. The Hall–Kier alpha value is -2.23. The van der Waals surface area contributed by atoms with Crippen molar-refractivity contribution in [2.75, 3.05) is 19.0 Å². The first kappa shape index (κ1) is 13.7. The highest BCUT2D eigenvalue weighted by atomic mass is 16.5. The molecule has 0 fully saturated rings. The maximum Gasteiger partial charge on any atom is 0.237 e. The van der Waals surface area contributed by atoms with Gasteiger partial charge in [-0.3, -0.25) is 0 Å². The summed E-state index contributed by atoms with van der Waals surface area (Å²) in [4.78, 5) is 4.29. The van der Waals surface area contributed by atoms with Gasteiger partial charge in [0.05, 0.1) is 25.4 Å². The van der Waals surface area contributed by atoms with Gasteiger partial charge in [-0.05, 0) is 55.2 Å². The number of aryl methyl sites for hydroxylation is 1. The predicted molar refractivity (Wildman–Crippen MR) is 83.1 cm³/mol. The average Bonchev–Trinajstić information content (AvgIpc) is 2.92. The minimum Gasteiger partial charge on any atom is -0.497 e. The van der Waals surface area contributed by atoms with Gasteiger partial charge in [0.2, 0.25) is 5.88 Å². The summed E-state index contributed by atoms with van der Waals surface area (Å²) in [6.07, 6.45) is 3.91. The Bertz CT molecular complexity index is 628. The Morgan fingerprint density at radius 3 is 3.05 bits per heavy atom. The van der Waals surface area contributed by atoms with Crippen molar-refractivity contribution >= 4 is 5.69 Å². The van der Waals surface area contributed by atoms with Crippen LogP contribution in [0.3, 0.4) is 0 Å². The van der Waals surface area contributed by atoms with E-state index in [2.05, 4.69) is 22.4 Å². The second-order valence-electron chi connectivity index (χ2n) is 5.09. The zero-order valence-electron chi connectivity index (χ0n) is 12.4. The Kier molecular flexibility index (Phi) is 3.95. The first-order chi connectivity index (χ1) is 10.3. The molecule has 4 nitrogen and oxygen atoms in total.